The maximum absolute atomic E-state index is 12.9. The predicted molar refractivity (Wildman–Crippen MR) is 81.9 cm³/mol. The summed E-state index contributed by atoms with van der Waals surface area (Å²) < 4.78 is 24.1. The van der Waals surface area contributed by atoms with Gasteiger partial charge in [-0.3, -0.25) is 5.32 Å². The number of aromatic nitrogens is 3. The Hall–Kier alpha value is -2.55. The average molecular weight is 335 g/mol. The molecule has 2 amide bonds. The van der Waals surface area contributed by atoms with Crippen molar-refractivity contribution in [2.75, 3.05) is 25.0 Å². The Morgan fingerprint density at radius 2 is 2.25 bits per heavy atom. The van der Waals surface area contributed by atoms with Crippen LogP contribution < -0.4 is 5.32 Å². The van der Waals surface area contributed by atoms with Crippen molar-refractivity contribution in [3.63, 3.8) is 0 Å². The highest BCUT2D eigenvalue weighted by atomic mass is 19.1. The van der Waals surface area contributed by atoms with Gasteiger partial charge in [-0.15, -0.1) is 10.2 Å². The van der Waals surface area contributed by atoms with Crippen LogP contribution in [0.2, 0.25) is 0 Å². The smallest absolute Gasteiger partial charge is 0.323 e. The molecule has 3 heterocycles. The first-order valence-corrected chi connectivity index (χ1v) is 7.65. The summed E-state index contributed by atoms with van der Waals surface area (Å²) in [6.45, 7) is 4.97. The molecule has 2 aromatic heterocycles. The van der Waals surface area contributed by atoms with E-state index >= 15 is 0 Å². The molecule has 1 aliphatic rings. The molecule has 0 aromatic carbocycles. The lowest BCUT2D eigenvalue weighted by Crippen LogP contribution is -2.44. The lowest BCUT2D eigenvalue weighted by Gasteiger charge is -2.31. The van der Waals surface area contributed by atoms with Crippen molar-refractivity contribution < 1.29 is 18.3 Å². The largest absolute Gasteiger partial charge is 0.422 e. The van der Waals surface area contributed by atoms with Gasteiger partial charge in [-0.25, -0.2) is 14.2 Å². The number of halogens is 1. The number of rotatable bonds is 3. The zero-order chi connectivity index (χ0) is 17.1. The fourth-order valence-corrected chi connectivity index (χ4v) is 2.23. The summed E-state index contributed by atoms with van der Waals surface area (Å²) in [5.74, 6) is 0.835. The van der Waals surface area contributed by atoms with Crippen LogP contribution in [0.4, 0.5) is 15.0 Å². The Bertz CT molecular complexity index is 703. The maximum Gasteiger partial charge on any atom is 0.323 e. The van der Waals surface area contributed by atoms with Gasteiger partial charge in [-0.05, 0) is 12.1 Å². The number of ether oxygens (including phenoxy) is 1. The number of carbonyl (C=O) groups excluding carboxylic acids is 1. The quantitative estimate of drug-likeness (QED) is 0.925. The van der Waals surface area contributed by atoms with E-state index in [2.05, 4.69) is 20.5 Å². The molecule has 2 aromatic rings. The monoisotopic (exact) mass is 335 g/mol. The van der Waals surface area contributed by atoms with E-state index in [4.69, 9.17) is 9.15 Å². The number of morpholine rings is 1. The number of amides is 2. The normalized spacial score (nSPS) is 18.0. The molecule has 0 radical (unpaired) electrons. The molecule has 1 fully saturated rings. The van der Waals surface area contributed by atoms with Crippen LogP contribution in [0.15, 0.2) is 22.7 Å². The van der Waals surface area contributed by atoms with Crippen molar-refractivity contribution in [1.82, 2.24) is 20.1 Å². The minimum Gasteiger partial charge on any atom is -0.422 e. The average Bonchev–Trinajstić information content (AvgIpc) is 3.07. The molecule has 1 aliphatic heterocycles. The first-order chi connectivity index (χ1) is 11.5. The molecule has 3 rings (SSSR count). The van der Waals surface area contributed by atoms with Crippen molar-refractivity contribution >= 4 is 11.8 Å². The second-order valence-corrected chi connectivity index (χ2v) is 5.73. The molecule has 1 atom stereocenters. The summed E-state index contributed by atoms with van der Waals surface area (Å²) in [7, 11) is 0. The van der Waals surface area contributed by atoms with Gasteiger partial charge >= 0.3 is 6.03 Å². The summed E-state index contributed by atoms with van der Waals surface area (Å²) in [5.41, 5.74) is 0. The van der Waals surface area contributed by atoms with Crippen LogP contribution >= 0.6 is 0 Å². The van der Waals surface area contributed by atoms with Crippen LogP contribution in [-0.4, -0.2) is 45.8 Å². The maximum atomic E-state index is 12.9. The Balaban J connectivity index is 1.63. The van der Waals surface area contributed by atoms with E-state index < -0.39 is 11.9 Å². The molecule has 9 heteroatoms. The summed E-state index contributed by atoms with van der Waals surface area (Å²) in [4.78, 5) is 17.7. The van der Waals surface area contributed by atoms with Crippen molar-refractivity contribution in [3.8, 4) is 0 Å². The van der Waals surface area contributed by atoms with Crippen LogP contribution in [-0.2, 0) is 4.74 Å². The topological polar surface area (TPSA) is 93.4 Å². The Kier molecular flexibility index (Phi) is 4.70. The molecule has 0 unspecified atom stereocenters. The summed E-state index contributed by atoms with van der Waals surface area (Å²) in [5, 5.41) is 10.6. The molecule has 24 heavy (non-hydrogen) atoms. The lowest BCUT2D eigenvalue weighted by molar-refractivity contribution is -0.0276. The fraction of sp³-hybridized carbons (Fsp3) is 0.467. The number of nitrogens with zero attached hydrogens (tertiary/aromatic N) is 4. The second kappa shape index (κ2) is 6.91. The predicted octanol–water partition coefficient (Wildman–Crippen LogP) is 2.33. The van der Waals surface area contributed by atoms with E-state index in [0.717, 1.165) is 6.20 Å². The molecule has 128 valence electrons. The molecule has 0 bridgehead atoms. The molecular formula is C15H18FN5O3. The molecule has 0 spiro atoms. The summed E-state index contributed by atoms with van der Waals surface area (Å²) >= 11 is 0. The number of urea groups is 1. The minimum atomic E-state index is -0.467. The van der Waals surface area contributed by atoms with E-state index in [1.807, 2.05) is 13.8 Å². The SMILES string of the molecule is CC(C)c1nnc([C@@H]2CN(C(=O)Nc3ccc(F)cn3)CCO2)o1. The number of nitrogens with one attached hydrogen (secondary N) is 1. The van der Waals surface area contributed by atoms with E-state index in [-0.39, 0.29) is 24.3 Å². The van der Waals surface area contributed by atoms with Gasteiger partial charge < -0.3 is 14.1 Å². The highest BCUT2D eigenvalue weighted by Crippen LogP contribution is 2.23. The molecular weight excluding hydrogens is 317 g/mol. The van der Waals surface area contributed by atoms with Gasteiger partial charge in [0, 0.05) is 12.5 Å². The van der Waals surface area contributed by atoms with Crippen molar-refractivity contribution in [3.05, 3.63) is 35.9 Å². The minimum absolute atomic E-state index is 0.124. The van der Waals surface area contributed by atoms with E-state index in [1.54, 1.807) is 4.90 Å². The highest BCUT2D eigenvalue weighted by molar-refractivity contribution is 5.88. The Morgan fingerprint density at radius 1 is 1.42 bits per heavy atom. The van der Waals surface area contributed by atoms with Gasteiger partial charge in [-0.1, -0.05) is 13.8 Å². The fourth-order valence-electron chi connectivity index (χ4n) is 2.23. The van der Waals surface area contributed by atoms with E-state index in [0.29, 0.717) is 24.9 Å². The van der Waals surface area contributed by atoms with Crippen LogP contribution in [0.25, 0.3) is 0 Å². The molecule has 1 saturated heterocycles. The van der Waals surface area contributed by atoms with Gasteiger partial charge in [0.05, 0.1) is 19.3 Å². The lowest BCUT2D eigenvalue weighted by atomic mass is 10.2. The summed E-state index contributed by atoms with van der Waals surface area (Å²) in [6, 6.07) is 2.29. The number of hydrogen-bond donors (Lipinski definition) is 1. The van der Waals surface area contributed by atoms with Crippen LogP contribution in [0.5, 0.6) is 0 Å². The third-order valence-corrected chi connectivity index (χ3v) is 3.54. The van der Waals surface area contributed by atoms with Crippen molar-refractivity contribution in [1.29, 1.82) is 0 Å². The molecule has 1 N–H and O–H groups in total. The molecule has 8 nitrogen and oxygen atoms in total. The van der Waals surface area contributed by atoms with Gasteiger partial charge in [0.25, 0.3) is 0 Å². The van der Waals surface area contributed by atoms with Gasteiger partial charge in [0.1, 0.15) is 11.6 Å². The van der Waals surface area contributed by atoms with Crippen LogP contribution in [0.3, 0.4) is 0 Å². The second-order valence-electron chi connectivity index (χ2n) is 5.73. The van der Waals surface area contributed by atoms with Crippen LogP contribution in [0, 0.1) is 5.82 Å². The highest BCUT2D eigenvalue weighted by Gasteiger charge is 2.29. The summed E-state index contributed by atoms with van der Waals surface area (Å²) in [6.07, 6.45) is 0.578. The molecule has 0 aliphatic carbocycles. The van der Waals surface area contributed by atoms with Gasteiger partial charge in [0.15, 0.2) is 6.10 Å². The van der Waals surface area contributed by atoms with E-state index in [9.17, 15) is 9.18 Å². The number of hydrogen-bond acceptors (Lipinski definition) is 6. The third kappa shape index (κ3) is 3.67. The zero-order valence-corrected chi connectivity index (χ0v) is 13.4. The number of carbonyl (C=O) groups is 1. The van der Waals surface area contributed by atoms with Crippen LogP contribution in [0.1, 0.15) is 37.7 Å². The van der Waals surface area contributed by atoms with Crippen molar-refractivity contribution in [2.45, 2.75) is 25.9 Å². The standard InChI is InChI=1S/C15H18FN5O3/c1-9(2)13-19-20-14(24-13)11-8-21(5-6-23-11)15(22)18-12-4-3-10(16)7-17-12/h3-4,7,9,11H,5-6,8H2,1-2H3,(H,17,18,22)/t11-/m0/s1. The van der Waals surface area contributed by atoms with E-state index in [1.165, 1.54) is 12.1 Å². The first kappa shape index (κ1) is 16.3. The zero-order valence-electron chi connectivity index (χ0n) is 13.4. The molecule has 0 saturated carbocycles. The first-order valence-electron chi connectivity index (χ1n) is 7.65. The van der Waals surface area contributed by atoms with Crippen molar-refractivity contribution in [2.24, 2.45) is 0 Å². The number of anilines is 1. The number of pyridine rings is 1. The van der Waals surface area contributed by atoms with Gasteiger partial charge in [-0.2, -0.15) is 0 Å². The third-order valence-electron chi connectivity index (χ3n) is 3.54. The Morgan fingerprint density at radius 3 is 2.92 bits per heavy atom. The Labute approximate surface area is 138 Å². The van der Waals surface area contributed by atoms with Gasteiger partial charge in [0.2, 0.25) is 11.8 Å².